The van der Waals surface area contributed by atoms with E-state index in [0.717, 1.165) is 5.56 Å². The Hall–Kier alpha value is -2.01. The molecular weight excluding hydrogens is 318 g/mol. The molecule has 2 aliphatic rings. The average molecular weight is 336 g/mol. The zero-order valence-electron chi connectivity index (χ0n) is 12.8. The van der Waals surface area contributed by atoms with Gasteiger partial charge in [0.1, 0.15) is 6.10 Å². The third kappa shape index (κ3) is 3.34. The van der Waals surface area contributed by atoms with Crippen LogP contribution in [0.25, 0.3) is 6.08 Å². The molecule has 2 fully saturated rings. The smallest absolute Gasteiger partial charge is 0.308 e. The molecule has 1 aromatic carbocycles. The van der Waals surface area contributed by atoms with Crippen LogP contribution in [-0.4, -0.2) is 31.1 Å². The lowest BCUT2D eigenvalue weighted by atomic mass is 9.83. The fourth-order valence-corrected chi connectivity index (χ4v) is 3.30. The van der Waals surface area contributed by atoms with Crippen molar-refractivity contribution in [3.63, 3.8) is 0 Å². The minimum absolute atomic E-state index is 0.123. The Balaban J connectivity index is 1.74. The SMILES string of the molecule is COC(=O)C1CCC2O/C(=C/c3ccccc3Cl)C(=O)NC2C1. The Morgan fingerprint density at radius 1 is 1.39 bits per heavy atom. The Labute approximate surface area is 139 Å². The molecule has 0 radical (unpaired) electrons. The number of benzene rings is 1. The van der Waals surface area contributed by atoms with Crippen LogP contribution >= 0.6 is 11.6 Å². The van der Waals surface area contributed by atoms with Crippen LogP contribution in [0.15, 0.2) is 30.0 Å². The highest BCUT2D eigenvalue weighted by atomic mass is 35.5. The number of halogens is 1. The van der Waals surface area contributed by atoms with Crippen molar-refractivity contribution in [3.8, 4) is 0 Å². The summed E-state index contributed by atoms with van der Waals surface area (Å²) < 4.78 is 10.7. The normalized spacial score (nSPS) is 28.5. The first-order valence-corrected chi connectivity index (χ1v) is 7.98. The van der Waals surface area contributed by atoms with Crippen LogP contribution in [0.1, 0.15) is 24.8 Å². The molecule has 5 nitrogen and oxygen atoms in total. The van der Waals surface area contributed by atoms with Crippen molar-refractivity contribution in [3.05, 3.63) is 40.6 Å². The number of hydrogen-bond donors (Lipinski definition) is 1. The van der Waals surface area contributed by atoms with Crippen molar-refractivity contribution < 1.29 is 19.1 Å². The fraction of sp³-hybridized carbons (Fsp3) is 0.412. The monoisotopic (exact) mass is 335 g/mol. The summed E-state index contributed by atoms with van der Waals surface area (Å²) in [6.45, 7) is 0. The highest BCUT2D eigenvalue weighted by Gasteiger charge is 2.40. The number of ether oxygens (including phenoxy) is 2. The van der Waals surface area contributed by atoms with Crippen molar-refractivity contribution in [2.24, 2.45) is 5.92 Å². The highest BCUT2D eigenvalue weighted by molar-refractivity contribution is 6.32. The van der Waals surface area contributed by atoms with Gasteiger partial charge in [0.2, 0.25) is 0 Å². The molecule has 0 bridgehead atoms. The topological polar surface area (TPSA) is 64.6 Å². The van der Waals surface area contributed by atoms with Crippen molar-refractivity contribution >= 4 is 29.6 Å². The molecular formula is C17H18ClNO4. The molecule has 1 aliphatic carbocycles. The third-order valence-corrected chi connectivity index (χ3v) is 4.68. The number of methoxy groups -OCH3 is 1. The molecule has 0 aromatic heterocycles. The summed E-state index contributed by atoms with van der Waals surface area (Å²) in [5.74, 6) is -0.429. The molecule has 23 heavy (non-hydrogen) atoms. The summed E-state index contributed by atoms with van der Waals surface area (Å²) in [5, 5.41) is 3.50. The first-order chi connectivity index (χ1) is 11.1. The number of carbonyl (C=O) groups is 2. The van der Waals surface area contributed by atoms with Crippen LogP contribution in [0.4, 0.5) is 0 Å². The maximum Gasteiger partial charge on any atom is 0.308 e. The number of hydrogen-bond acceptors (Lipinski definition) is 4. The van der Waals surface area contributed by atoms with E-state index in [0.29, 0.717) is 24.3 Å². The number of fused-ring (bicyclic) bond motifs is 1. The van der Waals surface area contributed by atoms with E-state index in [4.69, 9.17) is 21.1 Å². The summed E-state index contributed by atoms with van der Waals surface area (Å²) in [6, 6.07) is 7.11. The maximum atomic E-state index is 12.2. The van der Waals surface area contributed by atoms with E-state index < -0.39 is 0 Å². The van der Waals surface area contributed by atoms with Gasteiger partial charge in [-0.25, -0.2) is 0 Å². The summed E-state index contributed by atoms with van der Waals surface area (Å²) in [4.78, 5) is 23.9. The van der Waals surface area contributed by atoms with Crippen LogP contribution in [0.2, 0.25) is 5.02 Å². The standard InChI is InChI=1S/C17H18ClNO4/c1-22-17(21)11-6-7-14-13(8-11)19-16(20)15(23-14)9-10-4-2-3-5-12(10)18/h2-5,9,11,13-14H,6-8H2,1H3,(H,19,20)/b15-9+. The zero-order chi connectivity index (χ0) is 16.4. The Bertz CT molecular complexity index is 658. The minimum Gasteiger partial charge on any atom is -0.483 e. The summed E-state index contributed by atoms with van der Waals surface area (Å²) in [5.41, 5.74) is 0.737. The summed E-state index contributed by atoms with van der Waals surface area (Å²) in [7, 11) is 1.38. The lowest BCUT2D eigenvalue weighted by Gasteiger charge is -2.39. The van der Waals surface area contributed by atoms with Gasteiger partial charge in [0, 0.05) is 5.02 Å². The van der Waals surface area contributed by atoms with Gasteiger partial charge in [-0.3, -0.25) is 9.59 Å². The van der Waals surface area contributed by atoms with Gasteiger partial charge < -0.3 is 14.8 Å². The quantitative estimate of drug-likeness (QED) is 0.666. The molecule has 3 atom stereocenters. The van der Waals surface area contributed by atoms with E-state index >= 15 is 0 Å². The van der Waals surface area contributed by atoms with E-state index in [1.54, 1.807) is 12.1 Å². The Morgan fingerprint density at radius 2 is 2.17 bits per heavy atom. The molecule has 0 spiro atoms. The van der Waals surface area contributed by atoms with Crippen molar-refractivity contribution in [1.82, 2.24) is 5.32 Å². The van der Waals surface area contributed by atoms with Crippen LogP contribution in [0, 0.1) is 5.92 Å². The first kappa shape index (κ1) is 15.9. The van der Waals surface area contributed by atoms with Crippen molar-refractivity contribution in [2.45, 2.75) is 31.4 Å². The largest absolute Gasteiger partial charge is 0.483 e. The first-order valence-electron chi connectivity index (χ1n) is 7.60. The van der Waals surface area contributed by atoms with Crippen LogP contribution in [0.3, 0.4) is 0 Å². The molecule has 1 aromatic rings. The molecule has 3 unspecified atom stereocenters. The van der Waals surface area contributed by atoms with Crippen molar-refractivity contribution in [1.29, 1.82) is 0 Å². The molecule has 3 rings (SSSR count). The number of carbonyl (C=O) groups excluding carboxylic acids is 2. The van der Waals surface area contributed by atoms with Gasteiger partial charge in [0.05, 0.1) is 19.1 Å². The average Bonchev–Trinajstić information content (AvgIpc) is 2.56. The van der Waals surface area contributed by atoms with Crippen LogP contribution in [0.5, 0.6) is 0 Å². The van der Waals surface area contributed by atoms with Gasteiger partial charge in [-0.05, 0) is 37.0 Å². The Kier molecular flexibility index (Phi) is 4.57. The summed E-state index contributed by atoms with van der Waals surface area (Å²) in [6.07, 6.45) is 3.47. The second-order valence-corrected chi connectivity index (χ2v) is 6.21. The summed E-state index contributed by atoms with van der Waals surface area (Å²) >= 11 is 6.12. The number of morpholine rings is 1. The van der Waals surface area contributed by atoms with Gasteiger partial charge >= 0.3 is 5.97 Å². The molecule has 1 saturated heterocycles. The molecule has 1 saturated carbocycles. The fourth-order valence-electron chi connectivity index (χ4n) is 3.11. The van der Waals surface area contributed by atoms with E-state index in [9.17, 15) is 9.59 Å². The second-order valence-electron chi connectivity index (χ2n) is 5.80. The third-order valence-electron chi connectivity index (χ3n) is 4.33. The van der Waals surface area contributed by atoms with Gasteiger partial charge in [0.15, 0.2) is 5.76 Å². The van der Waals surface area contributed by atoms with Crippen LogP contribution < -0.4 is 5.32 Å². The van der Waals surface area contributed by atoms with Gasteiger partial charge in [0.25, 0.3) is 5.91 Å². The van der Waals surface area contributed by atoms with Crippen LogP contribution in [-0.2, 0) is 19.1 Å². The van der Waals surface area contributed by atoms with Crippen molar-refractivity contribution in [2.75, 3.05) is 7.11 Å². The predicted molar refractivity (Wildman–Crippen MR) is 85.6 cm³/mol. The second kappa shape index (κ2) is 6.62. The molecule has 6 heteroatoms. The zero-order valence-corrected chi connectivity index (χ0v) is 13.5. The molecule has 122 valence electrons. The molecule has 1 N–H and O–H groups in total. The Morgan fingerprint density at radius 3 is 2.91 bits per heavy atom. The van der Waals surface area contributed by atoms with E-state index in [-0.39, 0.29) is 35.7 Å². The van der Waals surface area contributed by atoms with E-state index in [2.05, 4.69) is 5.32 Å². The minimum atomic E-state index is -0.281. The highest BCUT2D eigenvalue weighted by Crippen LogP contribution is 2.32. The van der Waals surface area contributed by atoms with Gasteiger partial charge in [-0.2, -0.15) is 0 Å². The van der Waals surface area contributed by atoms with Gasteiger partial charge in [-0.1, -0.05) is 29.8 Å². The molecule has 1 heterocycles. The lowest BCUT2D eigenvalue weighted by Crippen LogP contribution is -2.54. The molecule has 1 amide bonds. The number of rotatable bonds is 2. The number of nitrogens with one attached hydrogen (secondary N) is 1. The predicted octanol–water partition coefficient (Wildman–Crippen LogP) is 2.54. The van der Waals surface area contributed by atoms with Gasteiger partial charge in [-0.15, -0.1) is 0 Å². The van der Waals surface area contributed by atoms with E-state index in [1.165, 1.54) is 7.11 Å². The lowest BCUT2D eigenvalue weighted by molar-refractivity contribution is -0.149. The van der Waals surface area contributed by atoms with E-state index in [1.807, 2.05) is 18.2 Å². The number of amides is 1. The molecule has 1 aliphatic heterocycles. The maximum absolute atomic E-state index is 12.2. The number of esters is 1.